The molecule has 0 atom stereocenters. The summed E-state index contributed by atoms with van der Waals surface area (Å²) in [5, 5.41) is 5.92. The average Bonchev–Trinajstić information content (AvgIpc) is 2.46. The van der Waals surface area contributed by atoms with Gasteiger partial charge in [0.2, 0.25) is 0 Å². The lowest BCUT2D eigenvalue weighted by Crippen LogP contribution is -2.27. The van der Waals surface area contributed by atoms with Crippen LogP contribution in [0.1, 0.15) is 32.9 Å². The van der Waals surface area contributed by atoms with Gasteiger partial charge in [0, 0.05) is 25.0 Å². The van der Waals surface area contributed by atoms with E-state index in [-0.39, 0.29) is 0 Å². The molecule has 0 saturated heterocycles. The Bertz CT molecular complexity index is 563. The van der Waals surface area contributed by atoms with E-state index in [0.717, 1.165) is 31.0 Å². The molecule has 0 radical (unpaired) electrons. The molecule has 0 spiro atoms. The minimum absolute atomic E-state index is 0.435. The number of pyridine rings is 1. The van der Waals surface area contributed by atoms with Crippen LogP contribution in [0.3, 0.4) is 0 Å². The second-order valence-corrected chi connectivity index (χ2v) is 5.54. The van der Waals surface area contributed by atoms with E-state index in [9.17, 15) is 0 Å². The number of anilines is 1. The standard InChI is InChI=1S/C17H25N3/c1-5-10-18-12-15-11-14-8-6-7-9-16(14)17(19-15)20(4)13(2)3/h6-9,11,13,18H,5,10,12H2,1-4H3. The van der Waals surface area contributed by atoms with Gasteiger partial charge in [0.15, 0.2) is 0 Å². The highest BCUT2D eigenvalue weighted by Gasteiger charge is 2.12. The Morgan fingerprint density at radius 1 is 1.25 bits per heavy atom. The van der Waals surface area contributed by atoms with Gasteiger partial charge in [-0.3, -0.25) is 0 Å². The lowest BCUT2D eigenvalue weighted by Gasteiger charge is -2.25. The van der Waals surface area contributed by atoms with Gasteiger partial charge < -0.3 is 10.2 Å². The van der Waals surface area contributed by atoms with E-state index in [2.05, 4.69) is 68.4 Å². The molecule has 1 heterocycles. The van der Waals surface area contributed by atoms with Gasteiger partial charge in [-0.25, -0.2) is 4.98 Å². The first-order valence-electron chi connectivity index (χ1n) is 7.45. The van der Waals surface area contributed by atoms with Crippen LogP contribution in [0.2, 0.25) is 0 Å². The Kier molecular flexibility index (Phi) is 4.96. The fourth-order valence-electron chi connectivity index (χ4n) is 2.23. The summed E-state index contributed by atoms with van der Waals surface area (Å²) in [6.45, 7) is 8.43. The third kappa shape index (κ3) is 3.28. The Hall–Kier alpha value is -1.61. The minimum Gasteiger partial charge on any atom is -0.357 e. The predicted octanol–water partition coefficient (Wildman–Crippen LogP) is 3.58. The molecule has 0 aliphatic rings. The molecule has 0 unspecified atom stereocenters. The first-order chi connectivity index (χ1) is 9.63. The van der Waals surface area contributed by atoms with E-state index in [4.69, 9.17) is 4.98 Å². The van der Waals surface area contributed by atoms with Gasteiger partial charge in [0.05, 0.1) is 5.69 Å². The summed E-state index contributed by atoms with van der Waals surface area (Å²) in [4.78, 5) is 7.10. The fourth-order valence-corrected chi connectivity index (χ4v) is 2.23. The van der Waals surface area contributed by atoms with E-state index < -0.39 is 0 Å². The summed E-state index contributed by atoms with van der Waals surface area (Å²) in [5.41, 5.74) is 1.11. The lowest BCUT2D eigenvalue weighted by molar-refractivity contribution is 0.662. The molecule has 2 rings (SSSR count). The van der Waals surface area contributed by atoms with Gasteiger partial charge in [0.1, 0.15) is 5.82 Å². The molecule has 2 aromatic rings. The quantitative estimate of drug-likeness (QED) is 0.814. The van der Waals surface area contributed by atoms with E-state index in [1.165, 1.54) is 10.8 Å². The molecule has 0 bridgehead atoms. The fraction of sp³-hybridized carbons (Fsp3) is 0.471. The largest absolute Gasteiger partial charge is 0.357 e. The predicted molar refractivity (Wildman–Crippen MR) is 87.3 cm³/mol. The molecule has 3 heteroatoms. The maximum absolute atomic E-state index is 4.86. The molecule has 108 valence electrons. The van der Waals surface area contributed by atoms with Crippen LogP contribution in [0.5, 0.6) is 0 Å². The molecular formula is C17H25N3. The van der Waals surface area contributed by atoms with Gasteiger partial charge in [-0.05, 0) is 38.3 Å². The highest BCUT2D eigenvalue weighted by Crippen LogP contribution is 2.26. The average molecular weight is 271 g/mol. The summed E-state index contributed by atoms with van der Waals surface area (Å²) < 4.78 is 0. The number of aromatic nitrogens is 1. The molecule has 0 amide bonds. The zero-order valence-corrected chi connectivity index (χ0v) is 13.0. The zero-order valence-electron chi connectivity index (χ0n) is 13.0. The molecular weight excluding hydrogens is 246 g/mol. The third-order valence-corrected chi connectivity index (χ3v) is 3.61. The van der Waals surface area contributed by atoms with Crippen molar-refractivity contribution in [3.63, 3.8) is 0 Å². The SMILES string of the molecule is CCCNCc1cc2ccccc2c(N(C)C(C)C)n1. The van der Waals surface area contributed by atoms with Crippen molar-refractivity contribution in [1.29, 1.82) is 0 Å². The zero-order chi connectivity index (χ0) is 14.5. The van der Waals surface area contributed by atoms with Gasteiger partial charge >= 0.3 is 0 Å². The van der Waals surface area contributed by atoms with Crippen LogP contribution < -0.4 is 10.2 Å². The molecule has 3 nitrogen and oxygen atoms in total. The second-order valence-electron chi connectivity index (χ2n) is 5.54. The molecule has 1 aromatic heterocycles. The molecule has 0 aliphatic heterocycles. The molecule has 0 fully saturated rings. The smallest absolute Gasteiger partial charge is 0.136 e. The number of nitrogens with one attached hydrogen (secondary N) is 1. The third-order valence-electron chi connectivity index (χ3n) is 3.61. The monoisotopic (exact) mass is 271 g/mol. The number of nitrogens with zero attached hydrogens (tertiary/aromatic N) is 2. The van der Waals surface area contributed by atoms with Crippen molar-refractivity contribution in [2.45, 2.75) is 39.8 Å². The van der Waals surface area contributed by atoms with Crippen molar-refractivity contribution < 1.29 is 0 Å². The van der Waals surface area contributed by atoms with E-state index in [1.807, 2.05) is 0 Å². The lowest BCUT2D eigenvalue weighted by atomic mass is 10.1. The van der Waals surface area contributed by atoms with E-state index in [0.29, 0.717) is 6.04 Å². The summed E-state index contributed by atoms with van der Waals surface area (Å²) in [7, 11) is 2.11. The highest BCUT2D eigenvalue weighted by molar-refractivity contribution is 5.92. The summed E-state index contributed by atoms with van der Waals surface area (Å²) in [5.74, 6) is 1.08. The minimum atomic E-state index is 0.435. The number of hydrogen-bond donors (Lipinski definition) is 1. The van der Waals surface area contributed by atoms with Crippen LogP contribution >= 0.6 is 0 Å². The normalized spacial score (nSPS) is 11.2. The van der Waals surface area contributed by atoms with Crippen LogP contribution in [-0.4, -0.2) is 24.6 Å². The Labute approximate surface area is 122 Å². The maximum atomic E-state index is 4.86. The van der Waals surface area contributed by atoms with Crippen molar-refractivity contribution in [1.82, 2.24) is 10.3 Å². The van der Waals surface area contributed by atoms with Gasteiger partial charge in [-0.1, -0.05) is 31.2 Å². The maximum Gasteiger partial charge on any atom is 0.136 e. The van der Waals surface area contributed by atoms with Gasteiger partial charge in [-0.2, -0.15) is 0 Å². The number of rotatable bonds is 6. The molecule has 0 aliphatic carbocycles. The van der Waals surface area contributed by atoms with Gasteiger partial charge in [0.25, 0.3) is 0 Å². The van der Waals surface area contributed by atoms with Crippen molar-refractivity contribution in [2.24, 2.45) is 0 Å². The van der Waals surface area contributed by atoms with Crippen LogP contribution in [0.15, 0.2) is 30.3 Å². The second kappa shape index (κ2) is 6.71. The summed E-state index contributed by atoms with van der Waals surface area (Å²) in [6, 6.07) is 11.1. The molecule has 20 heavy (non-hydrogen) atoms. The van der Waals surface area contributed by atoms with Crippen LogP contribution in [0, 0.1) is 0 Å². The Balaban J connectivity index is 2.41. The first-order valence-corrected chi connectivity index (χ1v) is 7.45. The summed E-state index contributed by atoms with van der Waals surface area (Å²) in [6.07, 6.45) is 1.15. The number of fused-ring (bicyclic) bond motifs is 1. The van der Waals surface area contributed by atoms with Crippen molar-refractivity contribution in [3.05, 3.63) is 36.0 Å². The Morgan fingerprint density at radius 2 is 2.00 bits per heavy atom. The summed E-state index contributed by atoms with van der Waals surface area (Å²) >= 11 is 0. The number of hydrogen-bond acceptors (Lipinski definition) is 3. The van der Waals surface area contributed by atoms with Crippen molar-refractivity contribution >= 4 is 16.6 Å². The topological polar surface area (TPSA) is 28.2 Å². The van der Waals surface area contributed by atoms with Crippen molar-refractivity contribution in [2.75, 3.05) is 18.5 Å². The van der Waals surface area contributed by atoms with Crippen LogP contribution in [-0.2, 0) is 6.54 Å². The first kappa shape index (κ1) is 14.8. The molecule has 1 N–H and O–H groups in total. The molecule has 0 saturated carbocycles. The van der Waals surface area contributed by atoms with E-state index in [1.54, 1.807) is 0 Å². The Morgan fingerprint density at radius 3 is 2.70 bits per heavy atom. The number of benzene rings is 1. The van der Waals surface area contributed by atoms with Gasteiger partial charge in [-0.15, -0.1) is 0 Å². The van der Waals surface area contributed by atoms with E-state index >= 15 is 0 Å². The van der Waals surface area contributed by atoms with Crippen molar-refractivity contribution in [3.8, 4) is 0 Å². The van der Waals surface area contributed by atoms with Crippen LogP contribution in [0.25, 0.3) is 10.8 Å². The van der Waals surface area contributed by atoms with Crippen LogP contribution in [0.4, 0.5) is 5.82 Å². The highest BCUT2D eigenvalue weighted by atomic mass is 15.2. The molecule has 1 aromatic carbocycles.